The topological polar surface area (TPSA) is 186 Å². The number of nitrogens with zero attached hydrogens (tertiary/aromatic N) is 2. The van der Waals surface area contributed by atoms with Crippen LogP contribution in [0.3, 0.4) is 0 Å². The second-order valence-electron chi connectivity index (χ2n) is 12.7. The van der Waals surface area contributed by atoms with Gasteiger partial charge in [-0.2, -0.15) is 0 Å². The van der Waals surface area contributed by atoms with Crippen LogP contribution in [0, 0.1) is 5.92 Å². The van der Waals surface area contributed by atoms with E-state index in [0.717, 1.165) is 5.56 Å². The first kappa shape index (κ1) is 36.8. The number of amides is 6. The lowest BCUT2D eigenvalue weighted by atomic mass is 10.0. The fourth-order valence-electron chi connectivity index (χ4n) is 6.18. The number of thioether (sulfide) groups is 1. The maximum atomic E-state index is 13.6. The number of carbonyl (C=O) groups is 7. The molecule has 6 amide bonds. The average Bonchev–Trinajstić information content (AvgIpc) is 3.68. The van der Waals surface area contributed by atoms with Gasteiger partial charge in [0.25, 0.3) is 0 Å². The Morgan fingerprint density at radius 2 is 1.71 bits per heavy atom. The number of benzene rings is 1. The zero-order valence-corrected chi connectivity index (χ0v) is 28.8. The van der Waals surface area contributed by atoms with Gasteiger partial charge >= 0.3 is 0 Å². The minimum absolute atomic E-state index is 0.0472. The predicted octanol–water partition coefficient (Wildman–Crippen LogP) is -0.681. The first-order chi connectivity index (χ1) is 22.9. The lowest BCUT2D eigenvalue weighted by Gasteiger charge is -2.32. The fourth-order valence-corrected chi connectivity index (χ4v) is 6.75. The molecule has 1 aromatic rings. The molecule has 1 aromatic carbocycles. The molecule has 48 heavy (non-hydrogen) atoms. The summed E-state index contributed by atoms with van der Waals surface area (Å²) >= 11 is 1.17. The van der Waals surface area contributed by atoms with Gasteiger partial charge in [-0.05, 0) is 43.5 Å². The monoisotopic (exact) mass is 685 g/mol. The second-order valence-corrected chi connectivity index (χ2v) is 14.1. The van der Waals surface area contributed by atoms with E-state index >= 15 is 0 Å². The Morgan fingerprint density at radius 3 is 2.40 bits per heavy atom. The van der Waals surface area contributed by atoms with Crippen molar-refractivity contribution in [2.45, 2.75) is 89.6 Å². The van der Waals surface area contributed by atoms with E-state index in [2.05, 4.69) is 26.6 Å². The Hall–Kier alpha value is -3.98. The first-order valence-electron chi connectivity index (χ1n) is 16.6. The summed E-state index contributed by atoms with van der Waals surface area (Å²) in [7, 11) is 0. The van der Waals surface area contributed by atoms with Crippen LogP contribution < -0.4 is 26.6 Å². The Labute approximate surface area is 285 Å². The molecule has 15 heteroatoms. The van der Waals surface area contributed by atoms with Crippen molar-refractivity contribution in [3.63, 3.8) is 0 Å². The molecule has 3 aliphatic rings. The highest BCUT2D eigenvalue weighted by Gasteiger charge is 2.52. The lowest BCUT2D eigenvalue weighted by molar-refractivity contribution is -0.136. The fraction of sp³-hybridized carbons (Fsp3) is 0.606. The van der Waals surface area contributed by atoms with E-state index in [1.54, 1.807) is 18.7 Å². The van der Waals surface area contributed by atoms with E-state index in [1.165, 1.54) is 23.6 Å². The van der Waals surface area contributed by atoms with E-state index in [-0.39, 0.29) is 43.5 Å². The molecule has 4 rings (SSSR count). The van der Waals surface area contributed by atoms with Gasteiger partial charge in [0.05, 0.1) is 18.6 Å². The van der Waals surface area contributed by atoms with Crippen LogP contribution in [0.15, 0.2) is 30.3 Å². The molecular formula is C33H47N7O7S. The normalized spacial score (nSPS) is 27.4. The molecule has 0 saturated carbocycles. The van der Waals surface area contributed by atoms with Crippen molar-refractivity contribution >= 4 is 52.3 Å². The van der Waals surface area contributed by atoms with Crippen LogP contribution in [0.4, 0.5) is 0 Å². The molecule has 262 valence electrons. The lowest BCUT2D eigenvalue weighted by Crippen LogP contribution is -2.60. The molecule has 0 aromatic heterocycles. The maximum Gasteiger partial charge on any atom is 0.243 e. The van der Waals surface area contributed by atoms with E-state index in [4.69, 9.17) is 0 Å². The summed E-state index contributed by atoms with van der Waals surface area (Å²) in [4.78, 5) is 96.1. The molecule has 0 spiro atoms. The van der Waals surface area contributed by atoms with Gasteiger partial charge in [-0.25, -0.2) is 0 Å². The minimum atomic E-state index is -1.06. The van der Waals surface area contributed by atoms with Gasteiger partial charge in [-0.1, -0.05) is 62.9 Å². The Balaban J connectivity index is 1.60. The largest absolute Gasteiger partial charge is 0.354 e. The smallest absolute Gasteiger partial charge is 0.243 e. The van der Waals surface area contributed by atoms with Crippen LogP contribution in [0.25, 0.3) is 0 Å². The Bertz CT molecular complexity index is 1380. The van der Waals surface area contributed by atoms with Crippen molar-refractivity contribution < 1.29 is 33.6 Å². The van der Waals surface area contributed by atoms with Gasteiger partial charge in [0, 0.05) is 25.9 Å². The standard InChI is InChI=1S/C33H47N7O7S/c1-5-48-26(42)13-14-34-33(47)28-24-18-40(24)25(41)17-35-32(46)27(19(2)3)38-30(44)22(16-21-10-7-6-8-11-21)37-29(43)20(4)36-31(45)23-12-9-15-39(23)28/h6-8,10-11,19-20,22-24,27-28H,5,9,12-18H2,1-4H3,(H,34,47)(H,35,46)(H,36,45)(H,37,43)(H,38,44)/t20-,22-,23-,24-,27-,28+,40?/m0/s1. The molecule has 5 N–H and O–H groups in total. The third-order valence-electron chi connectivity index (χ3n) is 8.82. The van der Waals surface area contributed by atoms with Crippen LogP contribution >= 0.6 is 11.8 Å². The predicted molar refractivity (Wildman–Crippen MR) is 179 cm³/mol. The summed E-state index contributed by atoms with van der Waals surface area (Å²) in [6, 6.07) is 3.82. The van der Waals surface area contributed by atoms with Crippen molar-refractivity contribution in [3.05, 3.63) is 35.9 Å². The molecule has 3 heterocycles. The van der Waals surface area contributed by atoms with Crippen LogP contribution in [0.1, 0.15) is 52.5 Å². The zero-order chi connectivity index (χ0) is 35.0. The number of hydrogen-bond acceptors (Lipinski definition) is 9. The molecular weight excluding hydrogens is 638 g/mol. The van der Waals surface area contributed by atoms with Crippen LogP contribution in [-0.2, 0) is 40.0 Å². The number of fused-ring (bicyclic) bond motifs is 2. The van der Waals surface area contributed by atoms with Gasteiger partial charge in [-0.15, -0.1) is 0 Å². The highest BCUT2D eigenvalue weighted by molar-refractivity contribution is 8.13. The van der Waals surface area contributed by atoms with E-state index in [1.807, 2.05) is 37.3 Å². The van der Waals surface area contributed by atoms with Gasteiger partial charge in [0.1, 0.15) is 24.2 Å². The Morgan fingerprint density at radius 1 is 0.979 bits per heavy atom. The molecule has 6 atom stereocenters. The third-order valence-corrected chi connectivity index (χ3v) is 9.63. The van der Waals surface area contributed by atoms with Gasteiger partial charge in [0.15, 0.2) is 5.12 Å². The van der Waals surface area contributed by atoms with Crippen molar-refractivity contribution in [2.24, 2.45) is 5.92 Å². The van der Waals surface area contributed by atoms with Crippen molar-refractivity contribution in [1.82, 2.24) is 36.4 Å². The van der Waals surface area contributed by atoms with Crippen LogP contribution in [-0.4, -0.2) is 119 Å². The minimum Gasteiger partial charge on any atom is -0.354 e. The number of hydrogen-bond donors (Lipinski definition) is 5. The quantitative estimate of drug-likeness (QED) is 0.221. The highest BCUT2D eigenvalue weighted by atomic mass is 32.2. The molecule has 3 saturated heterocycles. The van der Waals surface area contributed by atoms with Gasteiger partial charge in [0.2, 0.25) is 35.4 Å². The molecule has 3 fully saturated rings. The molecule has 0 radical (unpaired) electrons. The number of nitrogens with one attached hydrogen (secondary N) is 5. The summed E-state index contributed by atoms with van der Waals surface area (Å²) in [6.45, 7) is 7.32. The highest BCUT2D eigenvalue weighted by Crippen LogP contribution is 2.31. The Kier molecular flexibility index (Phi) is 13.0. The summed E-state index contributed by atoms with van der Waals surface area (Å²) in [5.74, 6) is -2.69. The van der Waals surface area contributed by atoms with E-state index < -0.39 is 71.7 Å². The second kappa shape index (κ2) is 16.9. The van der Waals surface area contributed by atoms with Crippen molar-refractivity contribution in [1.29, 1.82) is 0 Å². The number of carbonyl (C=O) groups excluding carboxylic acids is 7. The molecule has 3 aliphatic heterocycles. The maximum absolute atomic E-state index is 13.6. The third kappa shape index (κ3) is 9.56. The van der Waals surface area contributed by atoms with Gasteiger partial charge < -0.3 is 31.5 Å². The first-order valence-corrected chi connectivity index (χ1v) is 17.6. The van der Waals surface area contributed by atoms with Gasteiger partial charge in [-0.3, -0.25) is 38.5 Å². The number of rotatable bonds is 8. The molecule has 0 aliphatic carbocycles. The summed E-state index contributed by atoms with van der Waals surface area (Å²) in [5.41, 5.74) is 0.778. The van der Waals surface area contributed by atoms with E-state index in [0.29, 0.717) is 25.1 Å². The van der Waals surface area contributed by atoms with Crippen molar-refractivity contribution in [3.8, 4) is 0 Å². The van der Waals surface area contributed by atoms with Crippen LogP contribution in [0.2, 0.25) is 0 Å². The summed E-state index contributed by atoms with van der Waals surface area (Å²) in [5, 5.41) is 13.7. The molecule has 0 bridgehead atoms. The average molecular weight is 686 g/mol. The SMILES string of the molecule is CCSC(=O)CCNC(=O)[C@H]1[C@@H]2CN2C(=O)CNC(=O)[C@H](C(C)C)NC(=O)[C@H](Cc2ccccc2)NC(=O)[C@H](C)NC(=O)[C@@H]2CCCN21. The van der Waals surface area contributed by atoms with E-state index in [9.17, 15) is 33.6 Å². The summed E-state index contributed by atoms with van der Waals surface area (Å²) in [6.07, 6.45) is 1.32. The van der Waals surface area contributed by atoms with Crippen LogP contribution in [0.5, 0.6) is 0 Å². The summed E-state index contributed by atoms with van der Waals surface area (Å²) < 4.78 is 0. The zero-order valence-electron chi connectivity index (χ0n) is 28.0. The molecule has 0 unspecified atom stereocenters. The molecule has 14 nitrogen and oxygen atoms in total. The van der Waals surface area contributed by atoms with Crippen molar-refractivity contribution in [2.75, 3.05) is 31.9 Å².